The minimum Gasteiger partial charge on any atom is -0.381 e. The second-order valence-corrected chi connectivity index (χ2v) is 5.82. The van der Waals surface area contributed by atoms with Crippen LogP contribution in [0.4, 0.5) is 0 Å². The van der Waals surface area contributed by atoms with E-state index in [1.165, 1.54) is 5.56 Å². The van der Waals surface area contributed by atoms with E-state index in [1.54, 1.807) is 0 Å². The number of carbonyl (C=O) groups is 1. The number of aromatic nitrogens is 2. The minimum absolute atomic E-state index is 0.0417. The number of aromatic amines is 1. The molecule has 1 aromatic heterocycles. The van der Waals surface area contributed by atoms with Gasteiger partial charge in [-0.2, -0.15) is 5.10 Å². The maximum absolute atomic E-state index is 12.7. The van der Waals surface area contributed by atoms with Crippen LogP contribution >= 0.6 is 0 Å². The maximum Gasteiger partial charge on any atom is 0.228 e. The van der Waals surface area contributed by atoms with Crippen LogP contribution in [-0.4, -0.2) is 35.9 Å². The highest BCUT2D eigenvalue weighted by Gasteiger charge is 2.40. The number of nitrogens with one attached hydrogen (secondary N) is 2. The third-order valence-electron chi connectivity index (χ3n) is 4.67. The molecule has 0 bridgehead atoms. The topological polar surface area (TPSA) is 93.0 Å². The van der Waals surface area contributed by atoms with Crippen molar-refractivity contribution in [1.82, 2.24) is 15.5 Å². The third kappa shape index (κ3) is 2.33. The molecule has 0 saturated carbocycles. The summed E-state index contributed by atoms with van der Waals surface area (Å²) in [6, 6.07) is 0.0417. The van der Waals surface area contributed by atoms with Crippen LogP contribution in [0.5, 0.6) is 0 Å². The number of H-pyrrole nitrogens is 1. The average Bonchev–Trinajstić information content (AvgIpc) is 2.97. The lowest BCUT2D eigenvalue weighted by molar-refractivity contribution is -0.136. The molecule has 1 aromatic rings. The summed E-state index contributed by atoms with van der Waals surface area (Å²) in [6.45, 7) is 1.61. The molecule has 2 heterocycles. The number of carbonyl (C=O) groups excluding carboxylic acids is 1. The van der Waals surface area contributed by atoms with Crippen LogP contribution in [0.1, 0.15) is 43.0 Å². The summed E-state index contributed by atoms with van der Waals surface area (Å²) in [7, 11) is 0. The van der Waals surface area contributed by atoms with Crippen LogP contribution in [-0.2, 0) is 16.0 Å². The van der Waals surface area contributed by atoms with Gasteiger partial charge in [0.15, 0.2) is 0 Å². The molecule has 6 nitrogen and oxygen atoms in total. The van der Waals surface area contributed by atoms with E-state index < -0.39 is 5.41 Å². The lowest BCUT2D eigenvalue weighted by Gasteiger charge is -2.36. The predicted molar refractivity (Wildman–Crippen MR) is 73.9 cm³/mol. The molecule has 1 aliphatic carbocycles. The Hall–Kier alpha value is -1.40. The molecular formula is C14H22N4O2. The number of amides is 1. The second kappa shape index (κ2) is 5.54. The van der Waals surface area contributed by atoms with Gasteiger partial charge in [-0.05, 0) is 37.7 Å². The van der Waals surface area contributed by atoms with Crippen LogP contribution in [0.15, 0.2) is 6.20 Å². The summed E-state index contributed by atoms with van der Waals surface area (Å²) in [5.74, 6) is 0.0655. The quantitative estimate of drug-likeness (QED) is 0.757. The summed E-state index contributed by atoms with van der Waals surface area (Å²) in [6.07, 6.45) is 6.35. The van der Waals surface area contributed by atoms with Gasteiger partial charge in [-0.3, -0.25) is 9.89 Å². The highest BCUT2D eigenvalue weighted by molar-refractivity contribution is 5.83. The Morgan fingerprint density at radius 2 is 2.35 bits per heavy atom. The molecule has 1 fully saturated rings. The van der Waals surface area contributed by atoms with Crippen LogP contribution in [0.25, 0.3) is 0 Å². The molecule has 1 saturated heterocycles. The van der Waals surface area contributed by atoms with Gasteiger partial charge in [-0.25, -0.2) is 0 Å². The SMILES string of the molecule is NCC1(C(=O)NC2CCCc3cn[nH]c32)CCOCC1. The van der Waals surface area contributed by atoms with E-state index in [0.717, 1.165) is 25.0 Å². The molecule has 1 aliphatic heterocycles. The lowest BCUT2D eigenvalue weighted by atomic mass is 9.79. The highest BCUT2D eigenvalue weighted by Crippen LogP contribution is 2.33. The molecule has 4 N–H and O–H groups in total. The molecule has 110 valence electrons. The number of nitrogens with two attached hydrogens (primary N) is 1. The fourth-order valence-corrected chi connectivity index (χ4v) is 3.20. The van der Waals surface area contributed by atoms with Crippen molar-refractivity contribution in [3.05, 3.63) is 17.5 Å². The molecular weight excluding hydrogens is 256 g/mol. The Morgan fingerprint density at radius 1 is 1.55 bits per heavy atom. The summed E-state index contributed by atoms with van der Waals surface area (Å²) in [4.78, 5) is 12.7. The van der Waals surface area contributed by atoms with Crippen LogP contribution < -0.4 is 11.1 Å². The van der Waals surface area contributed by atoms with Crippen molar-refractivity contribution in [2.75, 3.05) is 19.8 Å². The second-order valence-electron chi connectivity index (χ2n) is 5.82. The lowest BCUT2D eigenvalue weighted by Crippen LogP contribution is -2.50. The van der Waals surface area contributed by atoms with Crippen molar-refractivity contribution in [2.45, 2.75) is 38.1 Å². The van der Waals surface area contributed by atoms with Gasteiger partial charge in [0.1, 0.15) is 0 Å². The Labute approximate surface area is 118 Å². The first kappa shape index (κ1) is 13.6. The molecule has 6 heteroatoms. The predicted octanol–water partition coefficient (Wildman–Crippen LogP) is 0.659. The van der Waals surface area contributed by atoms with Gasteiger partial charge < -0.3 is 15.8 Å². The molecule has 1 atom stereocenters. The van der Waals surface area contributed by atoms with E-state index in [-0.39, 0.29) is 11.9 Å². The van der Waals surface area contributed by atoms with Crippen LogP contribution in [0.3, 0.4) is 0 Å². The molecule has 0 spiro atoms. The normalized spacial score (nSPS) is 24.9. The first-order valence-electron chi connectivity index (χ1n) is 7.36. The number of rotatable bonds is 3. The summed E-state index contributed by atoms with van der Waals surface area (Å²) >= 11 is 0. The first-order valence-corrected chi connectivity index (χ1v) is 7.36. The van der Waals surface area contributed by atoms with Crippen molar-refractivity contribution in [2.24, 2.45) is 11.1 Å². The third-order valence-corrected chi connectivity index (χ3v) is 4.67. The van der Waals surface area contributed by atoms with Gasteiger partial charge in [0.05, 0.1) is 23.3 Å². The van der Waals surface area contributed by atoms with Gasteiger partial charge in [-0.15, -0.1) is 0 Å². The van der Waals surface area contributed by atoms with Gasteiger partial charge in [0.25, 0.3) is 0 Å². The van der Waals surface area contributed by atoms with Crippen molar-refractivity contribution in [3.63, 3.8) is 0 Å². The number of hydrogen-bond donors (Lipinski definition) is 3. The Morgan fingerprint density at radius 3 is 3.10 bits per heavy atom. The van der Waals surface area contributed by atoms with E-state index in [0.29, 0.717) is 32.6 Å². The molecule has 0 radical (unpaired) electrons. The van der Waals surface area contributed by atoms with E-state index >= 15 is 0 Å². The molecule has 1 unspecified atom stereocenters. The number of fused-ring (bicyclic) bond motifs is 1. The number of ether oxygens (including phenoxy) is 1. The monoisotopic (exact) mass is 278 g/mol. The number of hydrogen-bond acceptors (Lipinski definition) is 4. The summed E-state index contributed by atoms with van der Waals surface area (Å²) in [5.41, 5.74) is 7.70. The van der Waals surface area contributed by atoms with Gasteiger partial charge in [0.2, 0.25) is 5.91 Å². The van der Waals surface area contributed by atoms with E-state index in [2.05, 4.69) is 15.5 Å². The average molecular weight is 278 g/mol. The Bertz CT molecular complexity index is 479. The number of aryl methyl sites for hydroxylation is 1. The Balaban J connectivity index is 1.73. The van der Waals surface area contributed by atoms with Crippen LogP contribution in [0, 0.1) is 5.41 Å². The first-order chi connectivity index (χ1) is 9.75. The Kier molecular flexibility index (Phi) is 3.76. The highest BCUT2D eigenvalue weighted by atomic mass is 16.5. The van der Waals surface area contributed by atoms with Crippen molar-refractivity contribution >= 4 is 5.91 Å². The number of nitrogens with zero attached hydrogens (tertiary/aromatic N) is 1. The minimum atomic E-state index is -0.462. The zero-order valence-corrected chi connectivity index (χ0v) is 11.7. The smallest absolute Gasteiger partial charge is 0.228 e. The van der Waals surface area contributed by atoms with Crippen molar-refractivity contribution < 1.29 is 9.53 Å². The fraction of sp³-hybridized carbons (Fsp3) is 0.714. The summed E-state index contributed by atoms with van der Waals surface area (Å²) < 4.78 is 5.36. The van der Waals surface area contributed by atoms with E-state index in [9.17, 15) is 4.79 Å². The van der Waals surface area contributed by atoms with Gasteiger partial charge in [-0.1, -0.05) is 0 Å². The molecule has 3 rings (SSSR count). The van der Waals surface area contributed by atoms with E-state index in [4.69, 9.17) is 10.5 Å². The molecule has 20 heavy (non-hydrogen) atoms. The largest absolute Gasteiger partial charge is 0.381 e. The van der Waals surface area contributed by atoms with Crippen molar-refractivity contribution in [1.29, 1.82) is 0 Å². The van der Waals surface area contributed by atoms with Crippen LogP contribution in [0.2, 0.25) is 0 Å². The molecule has 2 aliphatic rings. The zero-order valence-electron chi connectivity index (χ0n) is 11.7. The van der Waals surface area contributed by atoms with Crippen molar-refractivity contribution in [3.8, 4) is 0 Å². The zero-order chi connectivity index (χ0) is 14.0. The fourth-order valence-electron chi connectivity index (χ4n) is 3.20. The molecule has 1 amide bonds. The van der Waals surface area contributed by atoms with Gasteiger partial charge >= 0.3 is 0 Å². The van der Waals surface area contributed by atoms with E-state index in [1.807, 2.05) is 6.20 Å². The summed E-state index contributed by atoms with van der Waals surface area (Å²) in [5, 5.41) is 10.3. The standard InChI is InChI=1S/C14H22N4O2/c15-9-14(4-6-20-7-5-14)13(19)17-11-3-1-2-10-8-16-18-12(10)11/h8,11H,1-7,9,15H2,(H,16,18)(H,17,19). The molecule has 0 aromatic carbocycles. The maximum atomic E-state index is 12.7. The van der Waals surface area contributed by atoms with Gasteiger partial charge in [0, 0.05) is 19.8 Å².